The highest BCUT2D eigenvalue weighted by Crippen LogP contribution is 2.08. The molecule has 3 heteroatoms. The Bertz CT molecular complexity index is 271. The van der Waals surface area contributed by atoms with E-state index in [0.717, 1.165) is 18.6 Å². The van der Waals surface area contributed by atoms with Gasteiger partial charge in [0.2, 0.25) is 0 Å². The van der Waals surface area contributed by atoms with E-state index in [-0.39, 0.29) is 0 Å². The summed E-state index contributed by atoms with van der Waals surface area (Å²) in [5.41, 5.74) is 0.360. The van der Waals surface area contributed by atoms with Crippen LogP contribution in [0.3, 0.4) is 0 Å². The molecule has 0 spiro atoms. The molecule has 0 aliphatic heterocycles. The lowest BCUT2D eigenvalue weighted by Crippen LogP contribution is -1.87. The van der Waals surface area contributed by atoms with Crippen molar-refractivity contribution >= 4 is 6.29 Å². The molecule has 0 atom stereocenters. The summed E-state index contributed by atoms with van der Waals surface area (Å²) in [6, 6.07) is 3.27. The zero-order valence-corrected chi connectivity index (χ0v) is 5.55. The normalized spacial score (nSPS) is 9.64. The second kappa shape index (κ2) is 3.23. The van der Waals surface area contributed by atoms with E-state index in [2.05, 4.69) is 0 Å². The summed E-state index contributed by atoms with van der Waals surface area (Å²) in [7, 11) is 0. The molecule has 1 aromatic carbocycles. The van der Waals surface area contributed by atoms with Crippen LogP contribution in [0.2, 0.25) is 0 Å². The second-order valence-corrected chi connectivity index (χ2v) is 1.98. The number of aldehydes is 1. The van der Waals surface area contributed by atoms with E-state index in [1.807, 2.05) is 0 Å². The van der Waals surface area contributed by atoms with Crippen molar-refractivity contribution in [3.8, 4) is 0 Å². The minimum absolute atomic E-state index is 0.360. The third kappa shape index (κ3) is 1.83. The van der Waals surface area contributed by atoms with E-state index >= 15 is 0 Å². The molecule has 0 fully saturated rings. The minimum atomic E-state index is -0.944. The Balaban J connectivity index is 2.95. The molecule has 0 saturated heterocycles. The van der Waals surface area contributed by atoms with Crippen LogP contribution in [-0.2, 0) is 4.79 Å². The zero-order chi connectivity index (χ0) is 8.27. The van der Waals surface area contributed by atoms with Crippen LogP contribution < -0.4 is 0 Å². The van der Waals surface area contributed by atoms with Crippen LogP contribution in [0.25, 0.3) is 0 Å². The Morgan fingerprint density at radius 3 is 2.45 bits per heavy atom. The van der Waals surface area contributed by atoms with Gasteiger partial charge < -0.3 is 4.79 Å². The molecule has 0 unspecified atom stereocenters. The molecule has 1 aromatic rings. The number of hydrogen-bond acceptors (Lipinski definition) is 1. The Hall–Kier alpha value is -1.25. The SMILES string of the molecule is O=C[CH]c1ccc(F)c(F)c1. The van der Waals surface area contributed by atoms with E-state index in [4.69, 9.17) is 0 Å². The molecule has 0 heterocycles. The van der Waals surface area contributed by atoms with Gasteiger partial charge in [0.05, 0.1) is 6.42 Å². The van der Waals surface area contributed by atoms with Crippen LogP contribution in [0.5, 0.6) is 0 Å². The van der Waals surface area contributed by atoms with Gasteiger partial charge in [-0.05, 0) is 17.7 Å². The fourth-order valence-electron chi connectivity index (χ4n) is 0.695. The van der Waals surface area contributed by atoms with Crippen molar-refractivity contribution in [3.63, 3.8) is 0 Å². The molecule has 0 amide bonds. The van der Waals surface area contributed by atoms with E-state index < -0.39 is 11.6 Å². The second-order valence-electron chi connectivity index (χ2n) is 1.98. The zero-order valence-electron chi connectivity index (χ0n) is 5.55. The van der Waals surface area contributed by atoms with Crippen LogP contribution in [0.1, 0.15) is 5.56 Å². The molecule has 0 saturated carbocycles. The van der Waals surface area contributed by atoms with E-state index in [1.54, 1.807) is 0 Å². The first-order chi connectivity index (χ1) is 5.24. The number of halogens is 2. The van der Waals surface area contributed by atoms with Gasteiger partial charge >= 0.3 is 0 Å². The molecule has 57 valence electrons. The standard InChI is InChI=1S/C8H5F2O/c9-7-2-1-6(3-4-11)5-8(7)10/h1-5H. The summed E-state index contributed by atoms with van der Waals surface area (Å²) in [6.07, 6.45) is 1.68. The van der Waals surface area contributed by atoms with Crippen LogP contribution in [0.4, 0.5) is 8.78 Å². The summed E-state index contributed by atoms with van der Waals surface area (Å²) in [4.78, 5) is 9.90. The maximum absolute atomic E-state index is 12.4. The Morgan fingerprint density at radius 1 is 1.18 bits per heavy atom. The molecule has 0 aliphatic rings. The van der Waals surface area contributed by atoms with Gasteiger partial charge in [0.15, 0.2) is 11.6 Å². The molecular formula is C8H5F2O. The molecular weight excluding hydrogens is 150 g/mol. The van der Waals surface area contributed by atoms with Crippen LogP contribution in [0.15, 0.2) is 18.2 Å². The van der Waals surface area contributed by atoms with Gasteiger partial charge in [-0.15, -0.1) is 0 Å². The number of carbonyl (C=O) groups is 1. The summed E-state index contributed by atoms with van der Waals surface area (Å²) in [5.74, 6) is -1.85. The number of hydrogen-bond donors (Lipinski definition) is 0. The lowest BCUT2D eigenvalue weighted by atomic mass is 10.2. The van der Waals surface area contributed by atoms with E-state index in [9.17, 15) is 13.6 Å². The van der Waals surface area contributed by atoms with E-state index in [0.29, 0.717) is 11.8 Å². The Labute approximate surface area is 62.7 Å². The van der Waals surface area contributed by atoms with Crippen LogP contribution in [-0.4, -0.2) is 6.29 Å². The lowest BCUT2D eigenvalue weighted by Gasteiger charge is -1.94. The highest BCUT2D eigenvalue weighted by atomic mass is 19.2. The number of rotatable bonds is 2. The summed E-state index contributed by atoms with van der Waals surface area (Å²) in [6.45, 7) is 0. The number of carbonyl (C=O) groups excluding carboxylic acids is 1. The van der Waals surface area contributed by atoms with Crippen molar-refractivity contribution < 1.29 is 13.6 Å². The maximum Gasteiger partial charge on any atom is 0.159 e. The predicted molar refractivity (Wildman–Crippen MR) is 35.8 cm³/mol. The molecule has 0 bridgehead atoms. The first-order valence-electron chi connectivity index (χ1n) is 2.97. The molecule has 0 aliphatic carbocycles. The van der Waals surface area contributed by atoms with Crippen LogP contribution >= 0.6 is 0 Å². The van der Waals surface area contributed by atoms with Gasteiger partial charge in [-0.2, -0.15) is 0 Å². The van der Waals surface area contributed by atoms with Crippen molar-refractivity contribution in [2.45, 2.75) is 0 Å². The van der Waals surface area contributed by atoms with E-state index in [1.165, 1.54) is 6.07 Å². The molecule has 1 nitrogen and oxygen atoms in total. The summed E-state index contributed by atoms with van der Waals surface area (Å²) < 4.78 is 24.7. The fourth-order valence-corrected chi connectivity index (χ4v) is 0.695. The Morgan fingerprint density at radius 2 is 1.91 bits per heavy atom. The average Bonchev–Trinajstić information content (AvgIpc) is 1.98. The van der Waals surface area contributed by atoms with Gasteiger partial charge in [-0.3, -0.25) is 0 Å². The molecule has 1 radical (unpaired) electrons. The van der Waals surface area contributed by atoms with Gasteiger partial charge in [0, 0.05) is 0 Å². The molecule has 11 heavy (non-hydrogen) atoms. The van der Waals surface area contributed by atoms with Gasteiger partial charge in [0.1, 0.15) is 6.29 Å². The molecule has 0 N–H and O–H groups in total. The first-order valence-corrected chi connectivity index (χ1v) is 2.97. The Kier molecular flexibility index (Phi) is 2.31. The predicted octanol–water partition coefficient (Wildman–Crippen LogP) is 1.72. The monoisotopic (exact) mass is 155 g/mol. The average molecular weight is 155 g/mol. The van der Waals surface area contributed by atoms with Crippen molar-refractivity contribution in [3.05, 3.63) is 41.8 Å². The third-order valence-electron chi connectivity index (χ3n) is 1.20. The molecule has 0 aromatic heterocycles. The molecule has 1 rings (SSSR count). The topological polar surface area (TPSA) is 17.1 Å². The fraction of sp³-hybridized carbons (Fsp3) is 0. The van der Waals surface area contributed by atoms with Gasteiger partial charge in [-0.25, -0.2) is 8.78 Å². The largest absolute Gasteiger partial charge is 0.303 e. The maximum atomic E-state index is 12.4. The van der Waals surface area contributed by atoms with Gasteiger partial charge in [0.25, 0.3) is 0 Å². The van der Waals surface area contributed by atoms with Crippen molar-refractivity contribution in [2.24, 2.45) is 0 Å². The van der Waals surface area contributed by atoms with Crippen molar-refractivity contribution in [1.29, 1.82) is 0 Å². The van der Waals surface area contributed by atoms with Crippen molar-refractivity contribution in [1.82, 2.24) is 0 Å². The van der Waals surface area contributed by atoms with Gasteiger partial charge in [-0.1, -0.05) is 6.07 Å². The smallest absolute Gasteiger partial charge is 0.159 e. The first kappa shape index (κ1) is 7.85. The highest BCUT2D eigenvalue weighted by Gasteiger charge is 2.01. The van der Waals surface area contributed by atoms with Crippen LogP contribution in [0, 0.1) is 18.1 Å². The summed E-state index contributed by atoms with van der Waals surface area (Å²) >= 11 is 0. The highest BCUT2D eigenvalue weighted by molar-refractivity contribution is 5.67. The number of benzene rings is 1. The minimum Gasteiger partial charge on any atom is -0.303 e. The third-order valence-corrected chi connectivity index (χ3v) is 1.20. The quantitative estimate of drug-likeness (QED) is 0.594. The lowest BCUT2D eigenvalue weighted by molar-refractivity contribution is -0.104. The summed E-state index contributed by atoms with van der Waals surface area (Å²) in [5, 5.41) is 0. The van der Waals surface area contributed by atoms with Crippen molar-refractivity contribution in [2.75, 3.05) is 0 Å².